The number of nitrogens with zero attached hydrogens (tertiary/aromatic N) is 3. The maximum absolute atomic E-state index is 11.6. The smallest absolute Gasteiger partial charge is 0.267 e. The molecule has 0 saturated carbocycles. The molecule has 0 spiro atoms. The lowest BCUT2D eigenvalue weighted by Gasteiger charge is -2.06. The number of furan rings is 1. The van der Waals surface area contributed by atoms with Crippen molar-refractivity contribution in [2.24, 2.45) is 5.73 Å². The number of amides is 1. The van der Waals surface area contributed by atoms with Gasteiger partial charge >= 0.3 is 0 Å². The molecule has 25 heavy (non-hydrogen) atoms. The molecule has 0 saturated heterocycles. The van der Waals surface area contributed by atoms with Crippen LogP contribution < -0.4 is 5.73 Å². The molecule has 0 unspecified atom stereocenters. The van der Waals surface area contributed by atoms with E-state index in [0.29, 0.717) is 30.3 Å². The highest BCUT2D eigenvalue weighted by Crippen LogP contribution is 2.21. The number of ether oxygens (including phenoxy) is 1. The second-order valence-corrected chi connectivity index (χ2v) is 5.56. The number of primary amides is 1. The van der Waals surface area contributed by atoms with E-state index < -0.39 is 5.91 Å². The fourth-order valence-electron chi connectivity index (χ4n) is 2.42. The molecule has 2 N–H and O–H groups in total. The number of rotatable bonds is 6. The number of hydrogen-bond donors (Lipinski definition) is 1. The quantitative estimate of drug-likeness (QED) is 0.739. The molecule has 3 heterocycles. The lowest BCUT2D eigenvalue weighted by molar-refractivity contribution is 0.0995. The Kier molecular flexibility index (Phi) is 4.85. The van der Waals surface area contributed by atoms with Gasteiger partial charge in [0.15, 0.2) is 5.76 Å². The highest BCUT2D eigenvalue weighted by Gasteiger charge is 2.13. The Morgan fingerprint density at radius 1 is 1.16 bits per heavy atom. The zero-order valence-electron chi connectivity index (χ0n) is 14.0. The molecule has 0 aliphatic rings. The van der Waals surface area contributed by atoms with E-state index >= 15 is 0 Å². The lowest BCUT2D eigenvalue weighted by Crippen LogP contribution is -2.15. The van der Waals surface area contributed by atoms with Gasteiger partial charge in [0.05, 0.1) is 18.7 Å². The second-order valence-electron chi connectivity index (χ2n) is 5.56. The van der Waals surface area contributed by atoms with Gasteiger partial charge in [-0.1, -0.05) is 6.07 Å². The number of aryl methyl sites for hydroxylation is 1. The van der Waals surface area contributed by atoms with Gasteiger partial charge in [-0.05, 0) is 37.3 Å². The summed E-state index contributed by atoms with van der Waals surface area (Å²) in [5.41, 5.74) is 7.64. The largest absolute Gasteiger partial charge is 0.460 e. The Labute approximate surface area is 144 Å². The fourth-order valence-corrected chi connectivity index (χ4v) is 2.42. The van der Waals surface area contributed by atoms with Gasteiger partial charge in [-0.25, -0.2) is 9.97 Å². The van der Waals surface area contributed by atoms with Crippen molar-refractivity contribution in [1.29, 1.82) is 0 Å². The number of carbonyl (C=O) groups excluding carboxylic acids is 1. The van der Waals surface area contributed by atoms with E-state index in [1.807, 2.05) is 31.2 Å². The minimum atomic E-state index is -0.616. The summed E-state index contributed by atoms with van der Waals surface area (Å²) in [5.74, 6) is 1.14. The molecule has 7 nitrogen and oxygen atoms in total. The zero-order chi connectivity index (χ0) is 17.8. The molecule has 0 atom stereocenters. The summed E-state index contributed by atoms with van der Waals surface area (Å²) in [7, 11) is 1.62. The van der Waals surface area contributed by atoms with Crippen LogP contribution in [0.3, 0.4) is 0 Å². The molecule has 0 aliphatic heterocycles. The maximum Gasteiger partial charge on any atom is 0.267 e. The normalized spacial score (nSPS) is 10.8. The van der Waals surface area contributed by atoms with Crippen molar-refractivity contribution in [3.63, 3.8) is 0 Å². The average Bonchev–Trinajstić information content (AvgIpc) is 3.02. The Morgan fingerprint density at radius 3 is 2.64 bits per heavy atom. The van der Waals surface area contributed by atoms with Crippen molar-refractivity contribution < 1.29 is 13.9 Å². The van der Waals surface area contributed by atoms with Crippen molar-refractivity contribution in [1.82, 2.24) is 15.0 Å². The molecule has 3 rings (SSSR count). The van der Waals surface area contributed by atoms with E-state index in [4.69, 9.17) is 14.9 Å². The first kappa shape index (κ1) is 16.8. The van der Waals surface area contributed by atoms with Crippen LogP contribution in [0.25, 0.3) is 11.5 Å². The minimum absolute atomic E-state index is 0.141. The van der Waals surface area contributed by atoms with E-state index in [0.717, 1.165) is 17.1 Å². The van der Waals surface area contributed by atoms with Gasteiger partial charge in [-0.2, -0.15) is 0 Å². The van der Waals surface area contributed by atoms with Gasteiger partial charge in [0.2, 0.25) is 0 Å². The Balaban J connectivity index is 1.96. The summed E-state index contributed by atoms with van der Waals surface area (Å²) in [4.78, 5) is 24.8. The summed E-state index contributed by atoms with van der Waals surface area (Å²) in [6.45, 7) is 2.26. The van der Waals surface area contributed by atoms with E-state index in [2.05, 4.69) is 15.0 Å². The molecule has 0 fully saturated rings. The number of hydrogen-bond acceptors (Lipinski definition) is 6. The first-order valence-corrected chi connectivity index (χ1v) is 7.73. The molecule has 0 aromatic carbocycles. The number of carbonyl (C=O) groups is 1. The Hall–Kier alpha value is -3.06. The van der Waals surface area contributed by atoms with Gasteiger partial charge in [0, 0.05) is 12.8 Å². The van der Waals surface area contributed by atoms with Gasteiger partial charge in [-0.15, -0.1) is 0 Å². The predicted molar refractivity (Wildman–Crippen MR) is 90.7 cm³/mol. The summed E-state index contributed by atoms with van der Waals surface area (Å²) < 4.78 is 10.7. The highest BCUT2D eigenvalue weighted by molar-refractivity contribution is 5.91. The average molecular weight is 338 g/mol. The van der Waals surface area contributed by atoms with Crippen LogP contribution in [0.15, 0.2) is 40.8 Å². The van der Waals surface area contributed by atoms with Crippen LogP contribution in [0.5, 0.6) is 0 Å². The first-order chi connectivity index (χ1) is 12.0. The van der Waals surface area contributed by atoms with Crippen LogP contribution in [0.4, 0.5) is 0 Å². The van der Waals surface area contributed by atoms with E-state index in [1.165, 1.54) is 6.07 Å². The summed E-state index contributed by atoms with van der Waals surface area (Å²) in [5, 5.41) is 0. The molecule has 3 aromatic heterocycles. The third-order valence-corrected chi connectivity index (χ3v) is 3.51. The third kappa shape index (κ3) is 4.07. The zero-order valence-corrected chi connectivity index (χ0v) is 14.0. The van der Waals surface area contributed by atoms with Gasteiger partial charge in [0.1, 0.15) is 23.0 Å². The summed E-state index contributed by atoms with van der Waals surface area (Å²) >= 11 is 0. The molecule has 128 valence electrons. The lowest BCUT2D eigenvalue weighted by atomic mass is 10.2. The topological polar surface area (TPSA) is 104 Å². The third-order valence-electron chi connectivity index (χ3n) is 3.51. The number of pyridine rings is 1. The highest BCUT2D eigenvalue weighted by atomic mass is 16.5. The van der Waals surface area contributed by atoms with Crippen LogP contribution >= 0.6 is 0 Å². The molecule has 0 radical (unpaired) electrons. The summed E-state index contributed by atoms with van der Waals surface area (Å²) in [6.07, 6.45) is 0.366. The molecule has 3 aromatic rings. The maximum atomic E-state index is 11.6. The van der Waals surface area contributed by atoms with E-state index in [9.17, 15) is 4.79 Å². The standard InChI is InChI=1S/C18H18N4O3/c1-11-6-7-16(25-11)14-9-15(18(19)23)22-17(21-14)8-12-4-3-5-13(20-12)10-24-2/h3-7,9H,8,10H2,1-2H3,(H2,19,23). The van der Waals surface area contributed by atoms with Crippen molar-refractivity contribution >= 4 is 5.91 Å². The number of aromatic nitrogens is 3. The van der Waals surface area contributed by atoms with Gasteiger partial charge in [-0.3, -0.25) is 9.78 Å². The molecular formula is C18H18N4O3. The minimum Gasteiger partial charge on any atom is -0.460 e. The predicted octanol–water partition coefficient (Wildman–Crippen LogP) is 2.28. The van der Waals surface area contributed by atoms with Crippen LogP contribution in [0.2, 0.25) is 0 Å². The van der Waals surface area contributed by atoms with Crippen molar-refractivity contribution in [3.8, 4) is 11.5 Å². The van der Waals surface area contributed by atoms with Crippen LogP contribution in [0.1, 0.15) is 33.5 Å². The molecular weight excluding hydrogens is 320 g/mol. The van der Waals surface area contributed by atoms with Crippen molar-refractivity contribution in [2.45, 2.75) is 20.0 Å². The monoisotopic (exact) mass is 338 g/mol. The first-order valence-electron chi connectivity index (χ1n) is 7.73. The van der Waals surface area contributed by atoms with Crippen LogP contribution in [-0.4, -0.2) is 28.0 Å². The van der Waals surface area contributed by atoms with Crippen LogP contribution in [0, 0.1) is 6.92 Å². The SMILES string of the molecule is COCc1cccc(Cc2nc(C(N)=O)cc(-c3ccc(C)o3)n2)n1. The Bertz CT molecular complexity index is 905. The van der Waals surface area contributed by atoms with Crippen molar-refractivity contribution in [3.05, 3.63) is 65.1 Å². The van der Waals surface area contributed by atoms with Crippen molar-refractivity contribution in [2.75, 3.05) is 7.11 Å². The number of nitrogens with two attached hydrogens (primary N) is 1. The molecule has 0 bridgehead atoms. The van der Waals surface area contributed by atoms with Gasteiger partial charge in [0.25, 0.3) is 5.91 Å². The Morgan fingerprint density at radius 2 is 1.96 bits per heavy atom. The fraction of sp³-hybridized carbons (Fsp3) is 0.222. The van der Waals surface area contributed by atoms with Crippen LogP contribution in [-0.2, 0) is 17.8 Å². The van der Waals surface area contributed by atoms with E-state index in [-0.39, 0.29) is 5.69 Å². The molecule has 0 aliphatic carbocycles. The number of methoxy groups -OCH3 is 1. The van der Waals surface area contributed by atoms with E-state index in [1.54, 1.807) is 13.2 Å². The molecule has 1 amide bonds. The molecule has 7 heteroatoms. The van der Waals surface area contributed by atoms with Gasteiger partial charge < -0.3 is 14.9 Å². The summed E-state index contributed by atoms with van der Waals surface area (Å²) in [6, 6.07) is 10.8. The second kappa shape index (κ2) is 7.23.